The first kappa shape index (κ1) is 10.3. The first-order valence-electron chi connectivity index (χ1n) is 5.65. The van der Waals surface area contributed by atoms with Gasteiger partial charge in [-0.1, -0.05) is 30.3 Å². The van der Waals surface area contributed by atoms with Crippen molar-refractivity contribution in [2.45, 2.75) is 19.1 Å². The van der Waals surface area contributed by atoms with Gasteiger partial charge in [0.25, 0.3) is 0 Å². The van der Waals surface area contributed by atoms with E-state index >= 15 is 0 Å². The van der Waals surface area contributed by atoms with Crippen molar-refractivity contribution in [3.05, 3.63) is 47.5 Å². The van der Waals surface area contributed by atoms with Gasteiger partial charge in [0.15, 0.2) is 0 Å². The van der Waals surface area contributed by atoms with E-state index in [-0.39, 0.29) is 5.91 Å². The van der Waals surface area contributed by atoms with Gasteiger partial charge in [-0.15, -0.1) is 0 Å². The van der Waals surface area contributed by atoms with Crippen LogP contribution in [-0.2, 0) is 22.6 Å². The standard InChI is InChI=1S/C14H13NO2/c15-14(16)13-7-11-5-9-3-1-2-4-10(9)6-12(11)8-17-13/h1-6,13H,7-8H2,(H2,15,16). The van der Waals surface area contributed by atoms with Gasteiger partial charge in [0.2, 0.25) is 5.91 Å². The second kappa shape index (κ2) is 3.86. The van der Waals surface area contributed by atoms with Crippen LogP contribution in [-0.4, -0.2) is 12.0 Å². The van der Waals surface area contributed by atoms with Crippen LogP contribution in [0.25, 0.3) is 10.8 Å². The minimum absolute atomic E-state index is 0.385. The molecule has 86 valence electrons. The molecule has 2 aromatic carbocycles. The molecule has 0 bridgehead atoms. The largest absolute Gasteiger partial charge is 0.367 e. The van der Waals surface area contributed by atoms with Crippen molar-refractivity contribution in [1.82, 2.24) is 0 Å². The molecule has 0 radical (unpaired) electrons. The summed E-state index contributed by atoms with van der Waals surface area (Å²) in [5, 5.41) is 2.39. The molecular weight excluding hydrogens is 214 g/mol. The highest BCUT2D eigenvalue weighted by molar-refractivity contribution is 5.85. The van der Waals surface area contributed by atoms with Gasteiger partial charge in [-0.2, -0.15) is 0 Å². The van der Waals surface area contributed by atoms with Gasteiger partial charge in [0.05, 0.1) is 6.61 Å². The fourth-order valence-corrected chi connectivity index (χ4v) is 2.29. The molecule has 2 aromatic rings. The first-order chi connectivity index (χ1) is 8.24. The molecule has 0 spiro atoms. The van der Waals surface area contributed by atoms with Crippen LogP contribution in [0.4, 0.5) is 0 Å². The Kier molecular flexibility index (Phi) is 2.34. The summed E-state index contributed by atoms with van der Waals surface area (Å²) >= 11 is 0. The second-order valence-electron chi connectivity index (χ2n) is 4.37. The third kappa shape index (κ3) is 1.78. The number of carbonyl (C=O) groups is 1. The molecule has 3 heteroatoms. The van der Waals surface area contributed by atoms with Crippen molar-refractivity contribution >= 4 is 16.7 Å². The zero-order chi connectivity index (χ0) is 11.8. The van der Waals surface area contributed by atoms with E-state index in [1.807, 2.05) is 12.1 Å². The summed E-state index contributed by atoms with van der Waals surface area (Å²) < 4.78 is 5.44. The van der Waals surface area contributed by atoms with E-state index in [0.29, 0.717) is 13.0 Å². The number of fused-ring (bicyclic) bond motifs is 2. The van der Waals surface area contributed by atoms with Crippen LogP contribution < -0.4 is 5.73 Å². The maximum atomic E-state index is 11.1. The number of hydrogen-bond acceptors (Lipinski definition) is 2. The Hall–Kier alpha value is -1.87. The van der Waals surface area contributed by atoms with E-state index in [1.165, 1.54) is 16.3 Å². The molecule has 2 N–H and O–H groups in total. The minimum Gasteiger partial charge on any atom is -0.367 e. The Balaban J connectivity index is 2.07. The molecule has 0 fully saturated rings. The molecule has 0 aliphatic carbocycles. The summed E-state index contributed by atoms with van der Waals surface area (Å²) in [5.74, 6) is -0.385. The van der Waals surface area contributed by atoms with Gasteiger partial charge in [-0.05, 0) is 28.0 Å². The number of hydrogen-bond donors (Lipinski definition) is 1. The molecule has 3 nitrogen and oxygen atoms in total. The molecule has 1 amide bonds. The third-order valence-electron chi connectivity index (χ3n) is 3.23. The van der Waals surface area contributed by atoms with Crippen LogP contribution in [0.3, 0.4) is 0 Å². The predicted molar refractivity (Wildman–Crippen MR) is 65.4 cm³/mol. The van der Waals surface area contributed by atoms with E-state index in [9.17, 15) is 4.79 Å². The fourth-order valence-electron chi connectivity index (χ4n) is 2.29. The minimum atomic E-state index is -0.483. The Morgan fingerprint density at radius 3 is 2.47 bits per heavy atom. The lowest BCUT2D eigenvalue weighted by molar-refractivity contribution is -0.131. The number of rotatable bonds is 1. The highest BCUT2D eigenvalue weighted by atomic mass is 16.5. The summed E-state index contributed by atoms with van der Waals surface area (Å²) in [4.78, 5) is 11.1. The van der Waals surface area contributed by atoms with E-state index in [2.05, 4.69) is 24.3 Å². The molecule has 1 atom stereocenters. The predicted octanol–water partition coefficient (Wildman–Crippen LogP) is 1.77. The average Bonchev–Trinajstić information content (AvgIpc) is 2.35. The molecule has 0 aromatic heterocycles. The second-order valence-corrected chi connectivity index (χ2v) is 4.37. The molecular formula is C14H13NO2. The molecule has 1 aliphatic heterocycles. The molecule has 0 saturated carbocycles. The van der Waals surface area contributed by atoms with E-state index in [1.54, 1.807) is 0 Å². The molecule has 1 aliphatic rings. The van der Waals surface area contributed by atoms with Gasteiger partial charge >= 0.3 is 0 Å². The molecule has 1 unspecified atom stereocenters. The Morgan fingerprint density at radius 2 is 1.82 bits per heavy atom. The number of benzene rings is 2. The van der Waals surface area contributed by atoms with Crippen LogP contribution in [0.5, 0.6) is 0 Å². The quantitative estimate of drug-likeness (QED) is 0.807. The van der Waals surface area contributed by atoms with E-state index < -0.39 is 6.10 Å². The van der Waals surface area contributed by atoms with Crippen LogP contribution in [0.15, 0.2) is 36.4 Å². The maximum absolute atomic E-state index is 11.1. The maximum Gasteiger partial charge on any atom is 0.246 e. The van der Waals surface area contributed by atoms with Crippen molar-refractivity contribution in [2.75, 3.05) is 0 Å². The monoisotopic (exact) mass is 227 g/mol. The number of ether oxygens (including phenoxy) is 1. The van der Waals surface area contributed by atoms with E-state index in [0.717, 1.165) is 5.56 Å². The van der Waals surface area contributed by atoms with Crippen LogP contribution in [0, 0.1) is 0 Å². The van der Waals surface area contributed by atoms with Crippen molar-refractivity contribution in [3.8, 4) is 0 Å². The van der Waals surface area contributed by atoms with Gasteiger partial charge in [-0.25, -0.2) is 0 Å². The highest BCUT2D eigenvalue weighted by Gasteiger charge is 2.23. The molecule has 3 rings (SSSR count). The molecule has 1 heterocycles. The SMILES string of the molecule is NC(=O)C1Cc2cc3ccccc3cc2CO1. The van der Waals surface area contributed by atoms with Crippen molar-refractivity contribution in [2.24, 2.45) is 5.73 Å². The molecule has 17 heavy (non-hydrogen) atoms. The summed E-state index contributed by atoms with van der Waals surface area (Å²) in [5.41, 5.74) is 7.59. The van der Waals surface area contributed by atoms with Gasteiger partial charge in [0, 0.05) is 6.42 Å². The summed E-state index contributed by atoms with van der Waals surface area (Å²) in [7, 11) is 0. The number of primary amides is 1. The van der Waals surface area contributed by atoms with Gasteiger partial charge < -0.3 is 10.5 Å². The summed E-state index contributed by atoms with van der Waals surface area (Å²) in [6.07, 6.45) is 0.0961. The number of amides is 1. The van der Waals surface area contributed by atoms with Gasteiger partial charge in [0.1, 0.15) is 6.10 Å². The van der Waals surface area contributed by atoms with Crippen LogP contribution >= 0.6 is 0 Å². The van der Waals surface area contributed by atoms with E-state index in [4.69, 9.17) is 10.5 Å². The summed E-state index contributed by atoms with van der Waals surface area (Å²) in [6, 6.07) is 12.4. The number of carbonyl (C=O) groups excluding carboxylic acids is 1. The lowest BCUT2D eigenvalue weighted by Crippen LogP contribution is -2.35. The zero-order valence-corrected chi connectivity index (χ0v) is 9.35. The first-order valence-corrected chi connectivity index (χ1v) is 5.65. The topological polar surface area (TPSA) is 52.3 Å². The van der Waals surface area contributed by atoms with Crippen molar-refractivity contribution < 1.29 is 9.53 Å². The smallest absolute Gasteiger partial charge is 0.246 e. The number of nitrogens with two attached hydrogens (primary N) is 1. The summed E-state index contributed by atoms with van der Waals surface area (Å²) in [6.45, 7) is 0.466. The molecule has 0 saturated heterocycles. The zero-order valence-electron chi connectivity index (χ0n) is 9.35. The Labute approximate surface area is 99.2 Å². The van der Waals surface area contributed by atoms with Crippen molar-refractivity contribution in [3.63, 3.8) is 0 Å². The lowest BCUT2D eigenvalue weighted by Gasteiger charge is -2.23. The normalized spacial score (nSPS) is 18.9. The van der Waals surface area contributed by atoms with Crippen molar-refractivity contribution in [1.29, 1.82) is 0 Å². The lowest BCUT2D eigenvalue weighted by atomic mass is 9.95. The average molecular weight is 227 g/mol. The Bertz CT molecular complexity index is 592. The van der Waals surface area contributed by atoms with Crippen LogP contribution in [0.2, 0.25) is 0 Å². The van der Waals surface area contributed by atoms with Gasteiger partial charge in [-0.3, -0.25) is 4.79 Å². The third-order valence-corrected chi connectivity index (χ3v) is 3.23. The van der Waals surface area contributed by atoms with Crippen LogP contribution in [0.1, 0.15) is 11.1 Å². The Morgan fingerprint density at radius 1 is 1.18 bits per heavy atom. The highest BCUT2D eigenvalue weighted by Crippen LogP contribution is 2.26. The fraction of sp³-hybridized carbons (Fsp3) is 0.214.